The summed E-state index contributed by atoms with van der Waals surface area (Å²) in [4.78, 5) is 21.6. The van der Waals surface area contributed by atoms with Crippen LogP contribution < -0.4 is 5.32 Å². The lowest BCUT2D eigenvalue weighted by Crippen LogP contribution is -2.11. The van der Waals surface area contributed by atoms with Crippen molar-refractivity contribution in [3.05, 3.63) is 52.5 Å². The zero-order valence-corrected chi connectivity index (χ0v) is 15.6. The van der Waals surface area contributed by atoms with E-state index in [-0.39, 0.29) is 11.5 Å². The first-order valence-electron chi connectivity index (χ1n) is 8.10. The van der Waals surface area contributed by atoms with Crippen LogP contribution >= 0.6 is 11.3 Å². The molecule has 1 amide bonds. The van der Waals surface area contributed by atoms with Crippen molar-refractivity contribution in [2.24, 2.45) is 0 Å². The standard InChI is InChI=1S/C18H15N5O3S/c1-9-4-10(2)21-14(5-9)15-8-27-18(22-15)23-17(24)13-7-20-26-16(13)12-6-19-25-11(12)3/h4-8H,1-3H3,(H,22,23,24). The zero-order chi connectivity index (χ0) is 19.0. The summed E-state index contributed by atoms with van der Waals surface area (Å²) in [6.45, 7) is 5.68. The Balaban J connectivity index is 1.58. The molecule has 0 atom stereocenters. The topological polar surface area (TPSA) is 107 Å². The van der Waals surface area contributed by atoms with Gasteiger partial charge in [0.25, 0.3) is 5.91 Å². The molecule has 4 rings (SSSR count). The van der Waals surface area contributed by atoms with Gasteiger partial charge in [0.2, 0.25) is 0 Å². The minimum absolute atomic E-state index is 0.280. The molecule has 4 aromatic rings. The second kappa shape index (κ2) is 6.76. The quantitative estimate of drug-likeness (QED) is 0.569. The third kappa shape index (κ3) is 3.36. The first kappa shape index (κ1) is 17.1. The van der Waals surface area contributed by atoms with Crippen LogP contribution in [0, 0.1) is 20.8 Å². The third-order valence-corrected chi connectivity index (χ3v) is 4.65. The monoisotopic (exact) mass is 381 g/mol. The summed E-state index contributed by atoms with van der Waals surface area (Å²) in [6, 6.07) is 3.96. The van der Waals surface area contributed by atoms with Gasteiger partial charge in [0.15, 0.2) is 10.9 Å². The molecule has 0 bridgehead atoms. The molecule has 0 saturated heterocycles. The van der Waals surface area contributed by atoms with E-state index in [1.807, 2.05) is 31.4 Å². The minimum Gasteiger partial charge on any atom is -0.361 e. The van der Waals surface area contributed by atoms with E-state index in [1.54, 1.807) is 6.92 Å². The van der Waals surface area contributed by atoms with Gasteiger partial charge in [-0.2, -0.15) is 0 Å². The summed E-state index contributed by atoms with van der Waals surface area (Å²) >= 11 is 1.32. The maximum Gasteiger partial charge on any atom is 0.263 e. The lowest BCUT2D eigenvalue weighted by molar-refractivity contribution is 0.102. The average molecular weight is 381 g/mol. The summed E-state index contributed by atoms with van der Waals surface area (Å²) in [5.41, 5.74) is 4.37. The Labute approximate surface area is 158 Å². The van der Waals surface area contributed by atoms with Crippen LogP contribution in [0.5, 0.6) is 0 Å². The van der Waals surface area contributed by atoms with Crippen LogP contribution in [0.3, 0.4) is 0 Å². The maximum absolute atomic E-state index is 12.6. The highest BCUT2D eigenvalue weighted by atomic mass is 32.1. The summed E-state index contributed by atoms with van der Waals surface area (Å²) in [6.07, 6.45) is 2.84. The lowest BCUT2D eigenvalue weighted by Gasteiger charge is -2.02. The molecule has 0 aromatic carbocycles. The highest BCUT2D eigenvalue weighted by Crippen LogP contribution is 2.28. The number of aromatic nitrogens is 4. The second-order valence-electron chi connectivity index (χ2n) is 6.03. The molecule has 0 unspecified atom stereocenters. The molecule has 9 heteroatoms. The molecule has 0 radical (unpaired) electrons. The fourth-order valence-corrected chi connectivity index (χ4v) is 3.40. The molecule has 4 heterocycles. The van der Waals surface area contributed by atoms with Gasteiger partial charge in [-0.1, -0.05) is 10.3 Å². The van der Waals surface area contributed by atoms with Crippen LogP contribution in [0.15, 0.2) is 39.0 Å². The Morgan fingerprint density at radius 2 is 1.85 bits per heavy atom. The first-order chi connectivity index (χ1) is 13.0. The van der Waals surface area contributed by atoms with Crippen molar-refractivity contribution in [2.45, 2.75) is 20.8 Å². The molecule has 0 aliphatic heterocycles. The van der Waals surface area contributed by atoms with Crippen LogP contribution in [0.1, 0.15) is 27.4 Å². The normalized spacial score (nSPS) is 10.9. The molecule has 0 fully saturated rings. The van der Waals surface area contributed by atoms with Gasteiger partial charge in [0.1, 0.15) is 17.0 Å². The summed E-state index contributed by atoms with van der Waals surface area (Å²) in [7, 11) is 0. The van der Waals surface area contributed by atoms with Gasteiger partial charge in [-0.25, -0.2) is 4.98 Å². The van der Waals surface area contributed by atoms with E-state index in [0.29, 0.717) is 27.9 Å². The summed E-state index contributed by atoms with van der Waals surface area (Å²) < 4.78 is 10.2. The van der Waals surface area contributed by atoms with E-state index in [1.165, 1.54) is 23.7 Å². The van der Waals surface area contributed by atoms with Crippen LogP contribution in [0.25, 0.3) is 22.7 Å². The zero-order valence-electron chi connectivity index (χ0n) is 14.8. The number of nitrogens with zero attached hydrogens (tertiary/aromatic N) is 4. The van der Waals surface area contributed by atoms with Crippen molar-refractivity contribution in [3.63, 3.8) is 0 Å². The van der Waals surface area contributed by atoms with Crippen molar-refractivity contribution in [1.82, 2.24) is 20.3 Å². The van der Waals surface area contributed by atoms with Gasteiger partial charge in [0, 0.05) is 11.1 Å². The molecule has 0 aliphatic carbocycles. The van der Waals surface area contributed by atoms with Gasteiger partial charge in [-0.05, 0) is 38.5 Å². The van der Waals surface area contributed by atoms with Crippen LogP contribution in [-0.4, -0.2) is 26.2 Å². The molecular formula is C18H15N5O3S. The second-order valence-corrected chi connectivity index (χ2v) is 6.89. The predicted octanol–water partition coefficient (Wildman–Crippen LogP) is 4.03. The van der Waals surface area contributed by atoms with Crippen molar-refractivity contribution >= 4 is 22.4 Å². The fraction of sp³-hybridized carbons (Fsp3) is 0.167. The molecule has 4 aromatic heterocycles. The average Bonchev–Trinajstić information content (AvgIpc) is 3.33. The van der Waals surface area contributed by atoms with Gasteiger partial charge < -0.3 is 9.05 Å². The van der Waals surface area contributed by atoms with Crippen LogP contribution in [0.4, 0.5) is 5.13 Å². The number of aryl methyl sites for hydroxylation is 3. The van der Waals surface area contributed by atoms with Crippen LogP contribution in [-0.2, 0) is 0 Å². The van der Waals surface area contributed by atoms with Gasteiger partial charge in [0.05, 0.1) is 23.7 Å². The number of thiazole rings is 1. The number of rotatable bonds is 4. The Morgan fingerprint density at radius 3 is 2.59 bits per heavy atom. The maximum atomic E-state index is 12.6. The Kier molecular flexibility index (Phi) is 4.28. The van der Waals surface area contributed by atoms with Gasteiger partial charge >= 0.3 is 0 Å². The summed E-state index contributed by atoms with van der Waals surface area (Å²) in [5.74, 6) is 0.471. The molecule has 8 nitrogen and oxygen atoms in total. The molecule has 27 heavy (non-hydrogen) atoms. The Hall–Kier alpha value is -3.33. The number of pyridine rings is 1. The number of hydrogen-bond acceptors (Lipinski definition) is 8. The molecule has 136 valence electrons. The molecule has 1 N–H and O–H groups in total. The van der Waals surface area contributed by atoms with Crippen molar-refractivity contribution in [3.8, 4) is 22.7 Å². The SMILES string of the molecule is Cc1cc(C)nc(-c2csc(NC(=O)c3cnoc3-c3cnoc3C)n2)c1. The molecule has 0 aliphatic rings. The predicted molar refractivity (Wildman–Crippen MR) is 99.5 cm³/mol. The Morgan fingerprint density at radius 1 is 1.04 bits per heavy atom. The van der Waals surface area contributed by atoms with Crippen molar-refractivity contribution < 1.29 is 13.8 Å². The minimum atomic E-state index is -0.374. The largest absolute Gasteiger partial charge is 0.361 e. The van der Waals surface area contributed by atoms with Crippen molar-refractivity contribution in [1.29, 1.82) is 0 Å². The number of hydrogen-bond donors (Lipinski definition) is 1. The van der Waals surface area contributed by atoms with E-state index in [9.17, 15) is 4.79 Å². The third-order valence-electron chi connectivity index (χ3n) is 3.90. The van der Waals surface area contributed by atoms with Gasteiger partial charge in [-0.3, -0.25) is 15.1 Å². The lowest BCUT2D eigenvalue weighted by atomic mass is 10.1. The molecule has 0 saturated carbocycles. The van der Waals surface area contributed by atoms with Crippen molar-refractivity contribution in [2.75, 3.05) is 5.32 Å². The number of carbonyl (C=O) groups is 1. The fourth-order valence-electron chi connectivity index (χ4n) is 2.70. The highest BCUT2D eigenvalue weighted by Gasteiger charge is 2.22. The smallest absolute Gasteiger partial charge is 0.263 e. The van der Waals surface area contributed by atoms with E-state index in [0.717, 1.165) is 17.0 Å². The number of anilines is 1. The van der Waals surface area contributed by atoms with Crippen LogP contribution in [0.2, 0.25) is 0 Å². The van der Waals surface area contributed by atoms with Gasteiger partial charge in [-0.15, -0.1) is 11.3 Å². The first-order valence-corrected chi connectivity index (χ1v) is 8.98. The summed E-state index contributed by atoms with van der Waals surface area (Å²) in [5, 5.41) is 12.5. The number of amides is 1. The highest BCUT2D eigenvalue weighted by molar-refractivity contribution is 7.14. The molecule has 0 spiro atoms. The van der Waals surface area contributed by atoms with E-state index in [4.69, 9.17) is 9.05 Å². The number of carbonyl (C=O) groups excluding carboxylic acids is 1. The molecular weight excluding hydrogens is 366 g/mol. The van der Waals surface area contributed by atoms with E-state index in [2.05, 4.69) is 25.6 Å². The number of nitrogens with one attached hydrogen (secondary N) is 1. The van der Waals surface area contributed by atoms with E-state index < -0.39 is 0 Å². The van der Waals surface area contributed by atoms with E-state index >= 15 is 0 Å². The Bertz CT molecular complexity index is 1110.